The van der Waals surface area contributed by atoms with Gasteiger partial charge in [-0.3, -0.25) is 0 Å². The first-order valence-corrected chi connectivity index (χ1v) is 6.41. The van der Waals surface area contributed by atoms with Crippen molar-refractivity contribution in [2.24, 2.45) is 0 Å². The van der Waals surface area contributed by atoms with E-state index < -0.39 is 0 Å². The number of benzene rings is 1. The van der Waals surface area contributed by atoms with Crippen LogP contribution in [0, 0.1) is 0 Å². The summed E-state index contributed by atoms with van der Waals surface area (Å²) in [6.45, 7) is 2.21. The van der Waals surface area contributed by atoms with E-state index in [9.17, 15) is 0 Å². The van der Waals surface area contributed by atoms with Gasteiger partial charge in [-0.1, -0.05) is 17.7 Å². The van der Waals surface area contributed by atoms with Crippen LogP contribution in [0.5, 0.6) is 5.75 Å². The van der Waals surface area contributed by atoms with Crippen LogP contribution in [0.2, 0.25) is 5.02 Å². The van der Waals surface area contributed by atoms with Crippen molar-refractivity contribution in [1.29, 1.82) is 0 Å². The summed E-state index contributed by atoms with van der Waals surface area (Å²) in [6, 6.07) is 7.62. The van der Waals surface area contributed by atoms with E-state index >= 15 is 0 Å². The van der Waals surface area contributed by atoms with E-state index in [1.54, 1.807) is 0 Å². The van der Waals surface area contributed by atoms with Gasteiger partial charge in [0.25, 0.3) is 0 Å². The largest absolute Gasteiger partial charge is 0.490 e. The average molecular weight is 338 g/mol. The zero-order valence-electron chi connectivity index (χ0n) is 8.33. The van der Waals surface area contributed by atoms with Gasteiger partial charge in [-0.15, -0.1) is 0 Å². The first-order chi connectivity index (χ1) is 7.24. The molecule has 0 saturated carbocycles. The van der Waals surface area contributed by atoms with Crippen LogP contribution in [-0.4, -0.2) is 22.3 Å². The van der Waals surface area contributed by atoms with E-state index in [-0.39, 0.29) is 0 Å². The number of hydrogen-bond acceptors (Lipinski definition) is 2. The van der Waals surface area contributed by atoms with Gasteiger partial charge >= 0.3 is 0 Å². The number of nitrogens with zero attached hydrogens (tertiary/aromatic N) is 1. The normalized spacial score (nSPS) is 19.1. The number of halogens is 2. The Morgan fingerprint density at radius 2 is 2.07 bits per heavy atom. The lowest BCUT2D eigenvalue weighted by atomic mass is 10.1. The van der Waals surface area contributed by atoms with Gasteiger partial charge in [0.05, 0.1) is 0 Å². The third kappa shape index (κ3) is 3.50. The summed E-state index contributed by atoms with van der Waals surface area (Å²) in [5, 5.41) is 0.735. The molecule has 0 radical (unpaired) electrons. The van der Waals surface area contributed by atoms with E-state index in [0.29, 0.717) is 6.10 Å². The molecule has 1 aliphatic rings. The van der Waals surface area contributed by atoms with Gasteiger partial charge in [-0.2, -0.15) is 0 Å². The summed E-state index contributed by atoms with van der Waals surface area (Å²) < 4.78 is 8.17. The van der Waals surface area contributed by atoms with Crippen LogP contribution in [0.4, 0.5) is 0 Å². The SMILES string of the molecule is Clc1cccc(OC2CCN(I)CC2)c1. The van der Waals surface area contributed by atoms with Crippen molar-refractivity contribution in [2.75, 3.05) is 13.1 Å². The zero-order valence-corrected chi connectivity index (χ0v) is 11.2. The highest BCUT2D eigenvalue weighted by molar-refractivity contribution is 14.1. The third-order valence-electron chi connectivity index (χ3n) is 2.49. The average Bonchev–Trinajstić information content (AvgIpc) is 2.22. The Morgan fingerprint density at radius 1 is 1.33 bits per heavy atom. The van der Waals surface area contributed by atoms with Crippen molar-refractivity contribution in [1.82, 2.24) is 3.11 Å². The van der Waals surface area contributed by atoms with E-state index in [1.807, 2.05) is 24.3 Å². The van der Waals surface area contributed by atoms with Crippen molar-refractivity contribution in [3.8, 4) is 5.75 Å². The lowest BCUT2D eigenvalue weighted by Crippen LogP contribution is -2.32. The number of hydrogen-bond donors (Lipinski definition) is 0. The smallest absolute Gasteiger partial charge is 0.121 e. The molecule has 0 bridgehead atoms. The molecule has 0 spiro atoms. The van der Waals surface area contributed by atoms with Crippen LogP contribution in [0.3, 0.4) is 0 Å². The van der Waals surface area contributed by atoms with Gasteiger partial charge in [0, 0.05) is 41.0 Å². The summed E-state index contributed by atoms with van der Waals surface area (Å²) >= 11 is 8.26. The second kappa shape index (κ2) is 5.37. The van der Waals surface area contributed by atoms with Crippen LogP contribution >= 0.6 is 34.5 Å². The van der Waals surface area contributed by atoms with Gasteiger partial charge in [-0.05, 0) is 31.0 Å². The summed E-state index contributed by atoms with van der Waals surface area (Å²) in [7, 11) is 0. The van der Waals surface area contributed by atoms with E-state index in [1.165, 1.54) is 0 Å². The summed E-state index contributed by atoms with van der Waals surface area (Å²) in [5.41, 5.74) is 0. The van der Waals surface area contributed by atoms with Crippen molar-refractivity contribution in [3.05, 3.63) is 29.3 Å². The van der Waals surface area contributed by atoms with E-state index in [0.717, 1.165) is 36.7 Å². The number of rotatable bonds is 2. The Balaban J connectivity index is 1.92. The lowest BCUT2D eigenvalue weighted by molar-refractivity contribution is 0.144. The minimum Gasteiger partial charge on any atom is -0.490 e. The molecule has 0 aliphatic carbocycles. The van der Waals surface area contributed by atoms with E-state index in [4.69, 9.17) is 16.3 Å². The summed E-state index contributed by atoms with van der Waals surface area (Å²) in [4.78, 5) is 0. The Kier molecular flexibility index (Phi) is 4.11. The fourth-order valence-corrected chi connectivity index (χ4v) is 2.41. The topological polar surface area (TPSA) is 12.5 Å². The molecule has 1 saturated heterocycles. The summed E-state index contributed by atoms with van der Waals surface area (Å²) in [6.07, 6.45) is 2.53. The molecule has 82 valence electrons. The van der Waals surface area contributed by atoms with Crippen LogP contribution in [0.25, 0.3) is 0 Å². The zero-order chi connectivity index (χ0) is 10.7. The molecule has 1 aromatic rings. The molecule has 4 heteroatoms. The molecule has 1 aromatic carbocycles. The Labute approximate surface area is 109 Å². The maximum atomic E-state index is 5.90. The molecule has 15 heavy (non-hydrogen) atoms. The molecule has 0 amide bonds. The molecular formula is C11H13ClINO. The monoisotopic (exact) mass is 337 g/mol. The van der Waals surface area contributed by atoms with Gasteiger partial charge in [0.2, 0.25) is 0 Å². The van der Waals surface area contributed by atoms with Gasteiger partial charge in [-0.25, -0.2) is 3.11 Å². The first kappa shape index (κ1) is 11.5. The highest BCUT2D eigenvalue weighted by Gasteiger charge is 2.18. The molecule has 1 heterocycles. The van der Waals surface area contributed by atoms with Crippen molar-refractivity contribution >= 4 is 34.5 Å². The van der Waals surface area contributed by atoms with Crippen molar-refractivity contribution in [3.63, 3.8) is 0 Å². The van der Waals surface area contributed by atoms with E-state index in [2.05, 4.69) is 26.0 Å². The molecule has 0 atom stereocenters. The molecule has 0 N–H and O–H groups in total. The highest BCUT2D eigenvalue weighted by atomic mass is 127. The molecule has 2 nitrogen and oxygen atoms in total. The molecular weight excluding hydrogens is 324 g/mol. The minimum atomic E-state index is 0.342. The minimum absolute atomic E-state index is 0.342. The van der Waals surface area contributed by atoms with Crippen molar-refractivity contribution in [2.45, 2.75) is 18.9 Å². The maximum absolute atomic E-state index is 5.90. The standard InChI is InChI=1S/C11H13ClINO/c12-9-2-1-3-11(8-9)15-10-4-6-14(13)7-5-10/h1-3,8,10H,4-7H2. The Hall–Kier alpha value is -0.000000000000000111. The molecule has 2 rings (SSSR count). The second-order valence-corrected chi connectivity index (χ2v) is 5.49. The number of ether oxygens (including phenoxy) is 1. The lowest BCUT2D eigenvalue weighted by Gasteiger charge is -2.28. The van der Waals surface area contributed by atoms with Crippen LogP contribution in [0.15, 0.2) is 24.3 Å². The third-order valence-corrected chi connectivity index (χ3v) is 3.69. The quantitative estimate of drug-likeness (QED) is 0.605. The predicted molar refractivity (Wildman–Crippen MR) is 70.7 cm³/mol. The predicted octanol–water partition coefficient (Wildman–Crippen LogP) is 3.53. The van der Waals surface area contributed by atoms with Crippen LogP contribution in [0.1, 0.15) is 12.8 Å². The second-order valence-electron chi connectivity index (χ2n) is 3.68. The maximum Gasteiger partial charge on any atom is 0.121 e. The van der Waals surface area contributed by atoms with Crippen molar-refractivity contribution < 1.29 is 4.74 Å². The fraction of sp³-hybridized carbons (Fsp3) is 0.455. The molecule has 0 aromatic heterocycles. The highest BCUT2D eigenvalue weighted by Crippen LogP contribution is 2.22. The Morgan fingerprint density at radius 3 is 2.73 bits per heavy atom. The Bertz CT molecular complexity index is 326. The summed E-state index contributed by atoms with van der Waals surface area (Å²) in [5.74, 6) is 0.884. The molecule has 1 fully saturated rings. The van der Waals surface area contributed by atoms with Gasteiger partial charge in [0.15, 0.2) is 0 Å². The fourth-order valence-electron chi connectivity index (χ4n) is 1.67. The van der Waals surface area contributed by atoms with Gasteiger partial charge < -0.3 is 4.74 Å². The molecule has 0 unspecified atom stereocenters. The van der Waals surface area contributed by atoms with Crippen LogP contribution < -0.4 is 4.74 Å². The first-order valence-electron chi connectivity index (χ1n) is 5.07. The number of piperidine rings is 1. The van der Waals surface area contributed by atoms with Gasteiger partial charge in [0.1, 0.15) is 11.9 Å². The molecule has 1 aliphatic heterocycles. The van der Waals surface area contributed by atoms with Crippen LogP contribution in [-0.2, 0) is 0 Å².